The topological polar surface area (TPSA) is 64.6 Å². The number of ether oxygens (including phenoxy) is 2. The van der Waals surface area contributed by atoms with Crippen molar-refractivity contribution in [2.45, 2.75) is 11.3 Å². The van der Waals surface area contributed by atoms with Crippen molar-refractivity contribution in [2.75, 3.05) is 19.8 Å². The fourth-order valence-electron chi connectivity index (χ4n) is 2.34. The molecule has 128 valence electrons. The van der Waals surface area contributed by atoms with Gasteiger partial charge in [0.2, 0.25) is 10.0 Å². The highest BCUT2D eigenvalue weighted by Crippen LogP contribution is 2.38. The second-order valence-electron chi connectivity index (χ2n) is 5.20. The van der Waals surface area contributed by atoms with Crippen molar-refractivity contribution in [1.29, 1.82) is 0 Å². The molecule has 0 radical (unpaired) electrons. The SMILES string of the molecule is O=S(=O)(NCCc1cc(Cl)c2c(c1)OCCO2)c1ccc(Cl)cc1. The lowest BCUT2D eigenvalue weighted by Crippen LogP contribution is -2.26. The first-order valence-electron chi connectivity index (χ1n) is 7.29. The van der Waals surface area contributed by atoms with Gasteiger partial charge in [-0.05, 0) is 48.4 Å². The number of fused-ring (bicyclic) bond motifs is 1. The van der Waals surface area contributed by atoms with Crippen molar-refractivity contribution in [1.82, 2.24) is 4.72 Å². The molecule has 2 aromatic carbocycles. The minimum atomic E-state index is -3.57. The van der Waals surface area contributed by atoms with E-state index in [-0.39, 0.29) is 11.4 Å². The standard InChI is InChI=1S/C16H15Cl2NO4S/c17-12-1-3-13(4-2-12)24(20,21)19-6-5-11-9-14(18)16-15(10-11)22-7-8-23-16/h1-4,9-10,19H,5-8H2. The normalized spacial score (nSPS) is 13.8. The molecule has 1 aliphatic heterocycles. The number of sulfonamides is 1. The molecule has 0 spiro atoms. The predicted molar refractivity (Wildman–Crippen MR) is 92.8 cm³/mol. The molecule has 0 bridgehead atoms. The molecule has 3 rings (SSSR count). The molecule has 0 unspecified atom stereocenters. The van der Waals surface area contributed by atoms with Gasteiger partial charge in [0.05, 0.1) is 9.92 Å². The maximum absolute atomic E-state index is 12.2. The monoisotopic (exact) mass is 387 g/mol. The van der Waals surface area contributed by atoms with Crippen LogP contribution in [-0.4, -0.2) is 28.2 Å². The molecule has 0 saturated heterocycles. The Kier molecular flexibility index (Phi) is 5.20. The Hall–Kier alpha value is -1.47. The van der Waals surface area contributed by atoms with Crippen LogP contribution in [0.2, 0.25) is 10.0 Å². The first-order chi connectivity index (χ1) is 11.5. The number of halogens is 2. The predicted octanol–water partition coefficient (Wildman–Crippen LogP) is 3.29. The lowest BCUT2D eigenvalue weighted by molar-refractivity contribution is 0.171. The summed E-state index contributed by atoms with van der Waals surface area (Å²) in [5.74, 6) is 1.12. The van der Waals surface area contributed by atoms with E-state index in [2.05, 4.69) is 4.72 Å². The van der Waals surface area contributed by atoms with Crippen LogP contribution in [0.1, 0.15) is 5.56 Å². The summed E-state index contributed by atoms with van der Waals surface area (Å²) in [6, 6.07) is 9.58. The molecule has 0 aromatic heterocycles. The summed E-state index contributed by atoms with van der Waals surface area (Å²) in [5.41, 5.74) is 0.864. The van der Waals surface area contributed by atoms with E-state index in [0.717, 1.165) is 5.56 Å². The summed E-state index contributed by atoms with van der Waals surface area (Å²) in [6.45, 7) is 1.17. The van der Waals surface area contributed by atoms with E-state index in [4.69, 9.17) is 32.7 Å². The Morgan fingerprint density at radius 3 is 2.50 bits per heavy atom. The van der Waals surface area contributed by atoms with Crippen molar-refractivity contribution >= 4 is 33.2 Å². The van der Waals surface area contributed by atoms with Gasteiger partial charge in [-0.25, -0.2) is 13.1 Å². The zero-order valence-corrected chi connectivity index (χ0v) is 14.9. The number of rotatable bonds is 5. The van der Waals surface area contributed by atoms with E-state index in [1.807, 2.05) is 6.07 Å². The molecular formula is C16H15Cl2NO4S. The van der Waals surface area contributed by atoms with Crippen molar-refractivity contribution in [3.63, 3.8) is 0 Å². The highest BCUT2D eigenvalue weighted by Gasteiger charge is 2.17. The Morgan fingerprint density at radius 2 is 1.75 bits per heavy atom. The quantitative estimate of drug-likeness (QED) is 0.854. The first kappa shape index (κ1) is 17.4. The van der Waals surface area contributed by atoms with E-state index in [0.29, 0.717) is 41.2 Å². The van der Waals surface area contributed by atoms with Gasteiger partial charge in [0, 0.05) is 11.6 Å². The molecular weight excluding hydrogens is 373 g/mol. The second kappa shape index (κ2) is 7.19. The third-order valence-electron chi connectivity index (χ3n) is 3.49. The molecule has 0 saturated carbocycles. The van der Waals surface area contributed by atoms with Crippen LogP contribution in [0.15, 0.2) is 41.3 Å². The molecule has 0 atom stereocenters. The molecule has 0 fully saturated rings. The third-order valence-corrected chi connectivity index (χ3v) is 5.50. The fraction of sp³-hybridized carbons (Fsp3) is 0.250. The maximum Gasteiger partial charge on any atom is 0.240 e. The van der Waals surface area contributed by atoms with Gasteiger partial charge in [0.25, 0.3) is 0 Å². The Bertz CT molecular complexity index is 838. The van der Waals surface area contributed by atoms with Crippen molar-refractivity contribution < 1.29 is 17.9 Å². The van der Waals surface area contributed by atoms with E-state index < -0.39 is 10.0 Å². The van der Waals surface area contributed by atoms with Gasteiger partial charge >= 0.3 is 0 Å². The summed E-state index contributed by atoms with van der Waals surface area (Å²) < 4.78 is 37.9. The highest BCUT2D eigenvalue weighted by molar-refractivity contribution is 7.89. The average Bonchev–Trinajstić information content (AvgIpc) is 2.55. The molecule has 0 aliphatic carbocycles. The first-order valence-corrected chi connectivity index (χ1v) is 9.53. The number of benzene rings is 2. The minimum absolute atomic E-state index is 0.173. The van der Waals surface area contributed by atoms with Gasteiger partial charge in [-0.1, -0.05) is 23.2 Å². The summed E-state index contributed by atoms with van der Waals surface area (Å²) in [7, 11) is -3.57. The molecule has 2 aromatic rings. The fourth-order valence-corrected chi connectivity index (χ4v) is 3.78. The van der Waals surface area contributed by atoms with Crippen molar-refractivity contribution in [3.05, 3.63) is 52.0 Å². The number of hydrogen-bond acceptors (Lipinski definition) is 4. The van der Waals surface area contributed by atoms with Gasteiger partial charge in [-0.2, -0.15) is 0 Å². The van der Waals surface area contributed by atoms with Crippen LogP contribution in [0.4, 0.5) is 0 Å². The summed E-state index contributed by atoms with van der Waals surface area (Å²) in [5, 5.41) is 0.947. The average molecular weight is 388 g/mol. The van der Waals surface area contributed by atoms with Crippen LogP contribution < -0.4 is 14.2 Å². The molecule has 0 amide bonds. The van der Waals surface area contributed by atoms with Crippen molar-refractivity contribution in [3.8, 4) is 11.5 Å². The minimum Gasteiger partial charge on any atom is -0.486 e. The Balaban J connectivity index is 1.66. The lowest BCUT2D eigenvalue weighted by Gasteiger charge is -2.20. The Labute approximate surface area is 150 Å². The largest absolute Gasteiger partial charge is 0.486 e. The molecule has 1 aliphatic rings. The van der Waals surface area contributed by atoms with E-state index in [1.54, 1.807) is 6.07 Å². The van der Waals surface area contributed by atoms with Crippen LogP contribution in [0.3, 0.4) is 0 Å². The zero-order valence-electron chi connectivity index (χ0n) is 12.6. The van der Waals surface area contributed by atoms with Crippen LogP contribution in [0.25, 0.3) is 0 Å². The van der Waals surface area contributed by atoms with E-state index in [1.165, 1.54) is 24.3 Å². The van der Waals surface area contributed by atoms with Crippen molar-refractivity contribution in [2.24, 2.45) is 0 Å². The zero-order chi connectivity index (χ0) is 17.2. The van der Waals surface area contributed by atoms with Gasteiger partial charge in [-0.15, -0.1) is 0 Å². The van der Waals surface area contributed by atoms with Gasteiger partial charge in [0.1, 0.15) is 13.2 Å². The van der Waals surface area contributed by atoms with Crippen LogP contribution in [0.5, 0.6) is 11.5 Å². The summed E-state index contributed by atoms with van der Waals surface area (Å²) in [6.07, 6.45) is 0.475. The molecule has 5 nitrogen and oxygen atoms in total. The van der Waals surface area contributed by atoms with Gasteiger partial charge < -0.3 is 9.47 Å². The number of hydrogen-bond donors (Lipinski definition) is 1. The summed E-state index contributed by atoms with van der Waals surface area (Å²) in [4.78, 5) is 0.173. The van der Waals surface area contributed by atoms with Gasteiger partial charge in [-0.3, -0.25) is 0 Å². The number of nitrogens with one attached hydrogen (secondary N) is 1. The molecule has 1 N–H and O–H groups in total. The Morgan fingerprint density at radius 1 is 1.04 bits per heavy atom. The van der Waals surface area contributed by atoms with Crippen LogP contribution >= 0.6 is 23.2 Å². The van der Waals surface area contributed by atoms with E-state index >= 15 is 0 Å². The van der Waals surface area contributed by atoms with Gasteiger partial charge in [0.15, 0.2) is 11.5 Å². The lowest BCUT2D eigenvalue weighted by atomic mass is 10.1. The summed E-state index contributed by atoms with van der Waals surface area (Å²) >= 11 is 11.9. The molecule has 24 heavy (non-hydrogen) atoms. The highest BCUT2D eigenvalue weighted by atomic mass is 35.5. The second-order valence-corrected chi connectivity index (χ2v) is 7.81. The van der Waals surface area contributed by atoms with Crippen LogP contribution in [-0.2, 0) is 16.4 Å². The molecule has 8 heteroatoms. The third kappa shape index (κ3) is 3.95. The molecule has 1 heterocycles. The smallest absolute Gasteiger partial charge is 0.240 e. The maximum atomic E-state index is 12.2. The van der Waals surface area contributed by atoms with Crippen LogP contribution in [0, 0.1) is 0 Å². The van der Waals surface area contributed by atoms with E-state index in [9.17, 15) is 8.42 Å².